The van der Waals surface area contributed by atoms with E-state index >= 15 is 0 Å². The lowest BCUT2D eigenvalue weighted by Gasteiger charge is -2.22. The summed E-state index contributed by atoms with van der Waals surface area (Å²) in [7, 11) is 0. The first kappa shape index (κ1) is 9.86. The van der Waals surface area contributed by atoms with Gasteiger partial charge in [-0.2, -0.15) is 8.78 Å². The maximum absolute atomic E-state index is 11.5. The monoisotopic (exact) mass is 179 g/mol. The molecule has 0 aromatic heterocycles. The van der Waals surface area contributed by atoms with Crippen LogP contribution in [0.4, 0.5) is 8.78 Å². The fraction of sp³-hybridized carbons (Fsp3) is 1.00. The molecule has 1 aliphatic rings. The van der Waals surface area contributed by atoms with Crippen LogP contribution in [0.3, 0.4) is 0 Å². The minimum absolute atomic E-state index is 0.162. The van der Waals surface area contributed by atoms with Crippen LogP contribution in [0, 0.1) is 0 Å². The van der Waals surface area contributed by atoms with Gasteiger partial charge in [0.2, 0.25) is 0 Å². The Labute approximate surface area is 71.3 Å². The Morgan fingerprint density at radius 2 is 2.25 bits per heavy atom. The fourth-order valence-electron chi connectivity index (χ4n) is 1.47. The highest BCUT2D eigenvalue weighted by molar-refractivity contribution is 4.71. The van der Waals surface area contributed by atoms with Crippen LogP contribution in [0.1, 0.15) is 25.7 Å². The molecule has 0 radical (unpaired) electrons. The minimum Gasteiger partial charge on any atom is -0.323 e. The molecule has 0 aromatic carbocycles. The van der Waals surface area contributed by atoms with Gasteiger partial charge >= 0.3 is 6.61 Å². The maximum atomic E-state index is 11.5. The first-order valence-corrected chi connectivity index (χ1v) is 4.42. The molecule has 1 rings (SSSR count). The molecule has 0 saturated carbocycles. The van der Waals surface area contributed by atoms with E-state index in [2.05, 4.69) is 10.1 Å². The van der Waals surface area contributed by atoms with E-state index in [9.17, 15) is 8.78 Å². The van der Waals surface area contributed by atoms with Gasteiger partial charge in [0, 0.05) is 6.04 Å². The Bertz CT molecular complexity index is 116. The number of rotatable bonds is 4. The van der Waals surface area contributed by atoms with Crippen molar-refractivity contribution in [2.75, 3.05) is 13.2 Å². The molecule has 2 nitrogen and oxygen atoms in total. The molecule has 1 atom stereocenters. The van der Waals surface area contributed by atoms with Gasteiger partial charge in [0.15, 0.2) is 0 Å². The third-order valence-electron chi connectivity index (χ3n) is 2.12. The van der Waals surface area contributed by atoms with Crippen molar-refractivity contribution in [3.8, 4) is 0 Å². The molecule has 0 amide bonds. The van der Waals surface area contributed by atoms with Crippen molar-refractivity contribution < 1.29 is 13.5 Å². The van der Waals surface area contributed by atoms with Gasteiger partial charge in [-0.25, -0.2) is 0 Å². The molecule has 1 saturated heterocycles. The van der Waals surface area contributed by atoms with Gasteiger partial charge < -0.3 is 10.1 Å². The highest BCUT2D eigenvalue weighted by atomic mass is 19.3. The lowest BCUT2D eigenvalue weighted by molar-refractivity contribution is -0.130. The van der Waals surface area contributed by atoms with Crippen LogP contribution in [0.15, 0.2) is 0 Å². The molecule has 0 spiro atoms. The smallest absolute Gasteiger partial charge is 0.323 e. The normalized spacial score (nSPS) is 24.8. The van der Waals surface area contributed by atoms with Gasteiger partial charge in [-0.3, -0.25) is 0 Å². The molecule has 0 aliphatic carbocycles. The van der Waals surface area contributed by atoms with Crippen LogP contribution in [0.5, 0.6) is 0 Å². The lowest BCUT2D eigenvalue weighted by Crippen LogP contribution is -2.34. The van der Waals surface area contributed by atoms with E-state index in [1.54, 1.807) is 0 Å². The summed E-state index contributed by atoms with van der Waals surface area (Å²) >= 11 is 0. The predicted molar refractivity (Wildman–Crippen MR) is 42.2 cm³/mol. The van der Waals surface area contributed by atoms with Crippen LogP contribution in [0.25, 0.3) is 0 Å². The molecule has 0 aromatic rings. The Hall–Kier alpha value is -0.220. The van der Waals surface area contributed by atoms with E-state index in [1.807, 2.05) is 0 Å². The largest absolute Gasteiger partial charge is 0.345 e. The van der Waals surface area contributed by atoms with Gasteiger partial charge in [0.25, 0.3) is 0 Å². The van der Waals surface area contributed by atoms with Crippen molar-refractivity contribution in [3.05, 3.63) is 0 Å². The quantitative estimate of drug-likeness (QED) is 0.710. The Kier molecular flexibility index (Phi) is 4.46. The first-order valence-electron chi connectivity index (χ1n) is 4.42. The fourth-order valence-corrected chi connectivity index (χ4v) is 1.47. The highest BCUT2D eigenvalue weighted by Crippen LogP contribution is 2.10. The average Bonchev–Trinajstić information content (AvgIpc) is 2.05. The van der Waals surface area contributed by atoms with Crippen molar-refractivity contribution in [1.82, 2.24) is 5.32 Å². The summed E-state index contributed by atoms with van der Waals surface area (Å²) in [6.45, 7) is -1.44. The highest BCUT2D eigenvalue weighted by Gasteiger charge is 2.12. The van der Waals surface area contributed by atoms with Gasteiger partial charge in [-0.05, 0) is 25.8 Å². The second kappa shape index (κ2) is 5.43. The Morgan fingerprint density at radius 1 is 1.42 bits per heavy atom. The number of hydrogen-bond donors (Lipinski definition) is 1. The van der Waals surface area contributed by atoms with Crippen LogP contribution in [-0.4, -0.2) is 25.8 Å². The number of piperidine rings is 1. The number of halogens is 2. The van der Waals surface area contributed by atoms with Crippen molar-refractivity contribution in [3.63, 3.8) is 0 Å². The topological polar surface area (TPSA) is 21.3 Å². The van der Waals surface area contributed by atoms with Crippen molar-refractivity contribution in [2.45, 2.75) is 38.3 Å². The summed E-state index contributed by atoms with van der Waals surface area (Å²) in [5.74, 6) is 0. The zero-order chi connectivity index (χ0) is 8.81. The van der Waals surface area contributed by atoms with E-state index in [1.165, 1.54) is 12.8 Å². The minimum atomic E-state index is -2.62. The van der Waals surface area contributed by atoms with Crippen molar-refractivity contribution >= 4 is 0 Å². The molecular weight excluding hydrogens is 164 g/mol. The number of nitrogens with one attached hydrogen (secondary N) is 1. The van der Waals surface area contributed by atoms with Crippen LogP contribution >= 0.6 is 0 Å². The standard InChI is InChI=1S/C8H15F2NO/c9-8(10)12-6-4-7-3-1-2-5-11-7/h7-8,11H,1-6H2. The van der Waals surface area contributed by atoms with Gasteiger partial charge in [0.1, 0.15) is 0 Å². The number of hydrogen-bond acceptors (Lipinski definition) is 2. The third-order valence-corrected chi connectivity index (χ3v) is 2.12. The van der Waals surface area contributed by atoms with E-state index in [0.29, 0.717) is 12.5 Å². The molecule has 4 heteroatoms. The Balaban J connectivity index is 1.98. The van der Waals surface area contributed by atoms with E-state index in [-0.39, 0.29) is 6.61 Å². The first-order chi connectivity index (χ1) is 5.79. The maximum Gasteiger partial charge on any atom is 0.345 e. The molecule has 1 aliphatic heterocycles. The molecule has 1 unspecified atom stereocenters. The van der Waals surface area contributed by atoms with Crippen molar-refractivity contribution in [1.29, 1.82) is 0 Å². The second-order valence-electron chi connectivity index (χ2n) is 3.07. The summed E-state index contributed by atoms with van der Waals surface area (Å²) in [4.78, 5) is 0. The van der Waals surface area contributed by atoms with E-state index in [0.717, 1.165) is 13.0 Å². The summed E-state index contributed by atoms with van der Waals surface area (Å²) in [5, 5.41) is 3.27. The van der Waals surface area contributed by atoms with Crippen molar-refractivity contribution in [2.24, 2.45) is 0 Å². The lowest BCUT2D eigenvalue weighted by atomic mass is 10.0. The summed E-state index contributed by atoms with van der Waals surface area (Å²) in [6, 6.07) is 0.387. The molecular formula is C8H15F2NO. The third kappa shape index (κ3) is 3.97. The molecule has 12 heavy (non-hydrogen) atoms. The molecule has 1 fully saturated rings. The SMILES string of the molecule is FC(F)OCCC1CCCCN1. The molecule has 0 bridgehead atoms. The number of ether oxygens (including phenoxy) is 1. The zero-order valence-corrected chi connectivity index (χ0v) is 7.06. The summed E-state index contributed by atoms with van der Waals surface area (Å²) < 4.78 is 27.3. The summed E-state index contributed by atoms with van der Waals surface area (Å²) in [6.07, 6.45) is 4.19. The second-order valence-corrected chi connectivity index (χ2v) is 3.07. The van der Waals surface area contributed by atoms with Gasteiger partial charge in [-0.15, -0.1) is 0 Å². The van der Waals surface area contributed by atoms with Gasteiger partial charge in [-0.1, -0.05) is 6.42 Å². The van der Waals surface area contributed by atoms with Crippen LogP contribution in [0.2, 0.25) is 0 Å². The molecule has 72 valence electrons. The Morgan fingerprint density at radius 3 is 2.83 bits per heavy atom. The van der Waals surface area contributed by atoms with Crippen LogP contribution in [-0.2, 0) is 4.74 Å². The van der Waals surface area contributed by atoms with E-state index in [4.69, 9.17) is 0 Å². The van der Waals surface area contributed by atoms with E-state index < -0.39 is 6.61 Å². The average molecular weight is 179 g/mol. The number of alkyl halides is 2. The predicted octanol–water partition coefficient (Wildman–Crippen LogP) is 1.76. The molecule has 1 heterocycles. The van der Waals surface area contributed by atoms with Crippen LogP contribution < -0.4 is 5.32 Å². The zero-order valence-electron chi connectivity index (χ0n) is 7.06. The van der Waals surface area contributed by atoms with Gasteiger partial charge in [0.05, 0.1) is 6.61 Å². The molecule has 1 N–H and O–H groups in total. The summed E-state index contributed by atoms with van der Waals surface area (Å²) in [5.41, 5.74) is 0.